The molecule has 7 nitrogen and oxygen atoms in total. The molecule has 0 aliphatic carbocycles. The molecular formula is C22H27N5O2. The van der Waals surface area contributed by atoms with Gasteiger partial charge in [0.1, 0.15) is 5.75 Å². The predicted octanol–water partition coefficient (Wildman–Crippen LogP) is 3.02. The summed E-state index contributed by atoms with van der Waals surface area (Å²) in [6, 6.07) is 8.18. The number of hydrogen-bond acceptors (Lipinski definition) is 5. The van der Waals surface area contributed by atoms with Gasteiger partial charge in [-0.25, -0.2) is 0 Å². The molecule has 0 bridgehead atoms. The van der Waals surface area contributed by atoms with Gasteiger partial charge in [0.2, 0.25) is 6.41 Å². The summed E-state index contributed by atoms with van der Waals surface area (Å²) in [5.74, 6) is 1.78. The molecule has 0 radical (unpaired) electrons. The van der Waals surface area contributed by atoms with E-state index in [1.807, 2.05) is 26.0 Å². The quantitative estimate of drug-likeness (QED) is 0.624. The molecule has 1 aliphatic heterocycles. The number of rotatable bonds is 5. The second kappa shape index (κ2) is 7.73. The monoisotopic (exact) mass is 393 g/mol. The van der Waals surface area contributed by atoms with Gasteiger partial charge in [0.05, 0.1) is 12.3 Å². The summed E-state index contributed by atoms with van der Waals surface area (Å²) in [6.45, 7) is 11.9. The molecule has 4 rings (SSSR count). The summed E-state index contributed by atoms with van der Waals surface area (Å²) in [5.41, 5.74) is 4.32. The Bertz CT molecular complexity index is 1030. The Morgan fingerprint density at radius 3 is 2.24 bits per heavy atom. The third-order valence-electron chi connectivity index (χ3n) is 5.69. The largest absolute Gasteiger partial charge is 0.494 e. The predicted molar refractivity (Wildman–Crippen MR) is 114 cm³/mol. The Hall–Kier alpha value is -3.09. The molecule has 2 aromatic heterocycles. The highest BCUT2D eigenvalue weighted by atomic mass is 16.5. The van der Waals surface area contributed by atoms with E-state index in [0.29, 0.717) is 19.7 Å². The Morgan fingerprint density at radius 2 is 1.62 bits per heavy atom. The van der Waals surface area contributed by atoms with E-state index in [2.05, 4.69) is 45.6 Å². The zero-order valence-electron chi connectivity index (χ0n) is 17.5. The second-order valence-electron chi connectivity index (χ2n) is 7.42. The van der Waals surface area contributed by atoms with Gasteiger partial charge in [-0.1, -0.05) is 0 Å². The average Bonchev–Trinajstić information content (AvgIpc) is 3.01. The fraction of sp³-hybridized carbons (Fsp3) is 0.409. The van der Waals surface area contributed by atoms with E-state index >= 15 is 0 Å². The summed E-state index contributed by atoms with van der Waals surface area (Å²) in [4.78, 5) is 15.1. The molecule has 29 heavy (non-hydrogen) atoms. The fourth-order valence-corrected chi connectivity index (χ4v) is 4.28. The lowest BCUT2D eigenvalue weighted by atomic mass is 10.1. The number of fused-ring (bicyclic) bond motifs is 1. The van der Waals surface area contributed by atoms with Crippen molar-refractivity contribution in [2.24, 2.45) is 0 Å². The SMILES string of the molecule is CCOc1ccc(-n2c(C)c3c(C)nnc(N4CCN(C=O)CC4)c3c2C)cc1. The number of aromatic nitrogens is 3. The van der Waals surface area contributed by atoms with Crippen LogP contribution < -0.4 is 9.64 Å². The van der Waals surface area contributed by atoms with E-state index < -0.39 is 0 Å². The highest BCUT2D eigenvalue weighted by molar-refractivity contribution is 5.98. The number of benzene rings is 1. The van der Waals surface area contributed by atoms with Crippen molar-refractivity contribution < 1.29 is 9.53 Å². The topological polar surface area (TPSA) is 63.5 Å². The van der Waals surface area contributed by atoms with Crippen LogP contribution in [0, 0.1) is 20.8 Å². The summed E-state index contributed by atoms with van der Waals surface area (Å²) in [6.07, 6.45) is 0.922. The van der Waals surface area contributed by atoms with E-state index in [9.17, 15) is 4.79 Å². The Labute approximate surface area is 170 Å². The van der Waals surface area contributed by atoms with Crippen LogP contribution in [0.1, 0.15) is 24.0 Å². The number of carbonyl (C=O) groups excluding carboxylic acids is 1. The number of piperazine rings is 1. The van der Waals surface area contributed by atoms with Gasteiger partial charge in [-0.15, -0.1) is 5.10 Å². The first-order valence-electron chi connectivity index (χ1n) is 10.1. The number of anilines is 1. The molecule has 1 aliphatic rings. The van der Waals surface area contributed by atoms with Gasteiger partial charge in [-0.3, -0.25) is 4.79 Å². The number of amides is 1. The first-order chi connectivity index (χ1) is 14.0. The van der Waals surface area contributed by atoms with Crippen molar-refractivity contribution in [1.82, 2.24) is 19.7 Å². The van der Waals surface area contributed by atoms with Crippen molar-refractivity contribution in [3.05, 3.63) is 41.3 Å². The zero-order valence-corrected chi connectivity index (χ0v) is 17.5. The Balaban J connectivity index is 1.82. The number of hydrogen-bond donors (Lipinski definition) is 0. The minimum Gasteiger partial charge on any atom is -0.494 e. The van der Waals surface area contributed by atoms with E-state index in [1.165, 1.54) is 0 Å². The van der Waals surface area contributed by atoms with Gasteiger partial charge in [-0.2, -0.15) is 5.10 Å². The van der Waals surface area contributed by atoms with Crippen LogP contribution in [0.25, 0.3) is 16.5 Å². The first kappa shape index (κ1) is 19.2. The van der Waals surface area contributed by atoms with Crippen molar-refractivity contribution >= 4 is 23.0 Å². The maximum absolute atomic E-state index is 11.1. The average molecular weight is 393 g/mol. The van der Waals surface area contributed by atoms with Crippen molar-refractivity contribution in [1.29, 1.82) is 0 Å². The molecular weight excluding hydrogens is 366 g/mol. The maximum Gasteiger partial charge on any atom is 0.209 e. The third kappa shape index (κ3) is 3.30. The van der Waals surface area contributed by atoms with Crippen LogP contribution >= 0.6 is 0 Å². The summed E-state index contributed by atoms with van der Waals surface area (Å²) < 4.78 is 7.85. The molecule has 7 heteroatoms. The van der Waals surface area contributed by atoms with Crippen molar-refractivity contribution in [2.45, 2.75) is 27.7 Å². The van der Waals surface area contributed by atoms with Crippen LogP contribution in [0.4, 0.5) is 5.82 Å². The zero-order chi connectivity index (χ0) is 20.5. The van der Waals surface area contributed by atoms with Gasteiger partial charge in [-0.05, 0) is 52.0 Å². The standard InChI is InChI=1S/C22H27N5O2/c1-5-29-19-8-6-18(7-9-19)27-16(3)20-15(2)23-24-22(21(20)17(27)4)26-12-10-25(14-28)11-13-26/h6-9,14H,5,10-13H2,1-4H3. The summed E-state index contributed by atoms with van der Waals surface area (Å²) in [5, 5.41) is 11.3. The summed E-state index contributed by atoms with van der Waals surface area (Å²) >= 11 is 0. The first-order valence-corrected chi connectivity index (χ1v) is 10.1. The number of carbonyl (C=O) groups is 1. The van der Waals surface area contributed by atoms with Crippen LogP contribution in [0.5, 0.6) is 5.75 Å². The fourth-order valence-electron chi connectivity index (χ4n) is 4.28. The van der Waals surface area contributed by atoms with E-state index in [4.69, 9.17) is 4.74 Å². The van der Waals surface area contributed by atoms with Crippen molar-refractivity contribution in [3.63, 3.8) is 0 Å². The lowest BCUT2D eigenvalue weighted by molar-refractivity contribution is -0.118. The summed E-state index contributed by atoms with van der Waals surface area (Å²) in [7, 11) is 0. The molecule has 152 valence electrons. The minimum absolute atomic E-state index is 0.655. The smallest absolute Gasteiger partial charge is 0.209 e. The van der Waals surface area contributed by atoms with Crippen LogP contribution in [0.3, 0.4) is 0 Å². The molecule has 1 aromatic carbocycles. The van der Waals surface area contributed by atoms with Crippen LogP contribution in [0.2, 0.25) is 0 Å². The van der Waals surface area contributed by atoms with Crippen molar-refractivity contribution in [3.8, 4) is 11.4 Å². The van der Waals surface area contributed by atoms with Gasteiger partial charge in [0.25, 0.3) is 0 Å². The van der Waals surface area contributed by atoms with Gasteiger partial charge < -0.3 is 19.1 Å². The molecule has 0 saturated carbocycles. The second-order valence-corrected chi connectivity index (χ2v) is 7.42. The van der Waals surface area contributed by atoms with Crippen LogP contribution in [-0.2, 0) is 4.79 Å². The molecule has 0 unspecified atom stereocenters. The number of nitrogens with zero attached hydrogens (tertiary/aromatic N) is 5. The highest BCUT2D eigenvalue weighted by Gasteiger charge is 2.24. The molecule has 3 heterocycles. The van der Waals surface area contributed by atoms with Gasteiger partial charge >= 0.3 is 0 Å². The third-order valence-corrected chi connectivity index (χ3v) is 5.69. The highest BCUT2D eigenvalue weighted by Crippen LogP contribution is 2.36. The Morgan fingerprint density at radius 1 is 0.966 bits per heavy atom. The van der Waals surface area contributed by atoms with Gasteiger partial charge in [0.15, 0.2) is 5.82 Å². The minimum atomic E-state index is 0.655. The molecule has 0 atom stereocenters. The van der Waals surface area contributed by atoms with Crippen LogP contribution in [0.15, 0.2) is 24.3 Å². The molecule has 3 aromatic rings. The maximum atomic E-state index is 11.1. The van der Waals surface area contributed by atoms with Crippen LogP contribution in [-0.4, -0.2) is 58.9 Å². The Kier molecular flexibility index (Phi) is 5.13. The van der Waals surface area contributed by atoms with E-state index in [0.717, 1.165) is 64.6 Å². The molecule has 0 N–H and O–H groups in total. The number of aryl methyl sites for hydroxylation is 3. The van der Waals surface area contributed by atoms with E-state index in [1.54, 1.807) is 4.90 Å². The van der Waals surface area contributed by atoms with Gasteiger partial charge in [0, 0.05) is 54.0 Å². The lowest BCUT2D eigenvalue weighted by Gasteiger charge is -2.33. The lowest BCUT2D eigenvalue weighted by Crippen LogP contribution is -2.46. The molecule has 0 spiro atoms. The number of ether oxygens (including phenoxy) is 1. The van der Waals surface area contributed by atoms with E-state index in [-0.39, 0.29) is 0 Å². The molecule has 1 amide bonds. The normalized spacial score (nSPS) is 14.5. The molecule has 1 saturated heterocycles. The molecule has 1 fully saturated rings. The van der Waals surface area contributed by atoms with Crippen molar-refractivity contribution in [2.75, 3.05) is 37.7 Å².